The first-order valence-corrected chi connectivity index (χ1v) is 8.27. The fraction of sp³-hybridized carbons (Fsp3) is 0.278. The molecule has 8 heteroatoms. The van der Waals surface area contributed by atoms with Crippen LogP contribution in [0.4, 0.5) is 5.82 Å². The topological polar surface area (TPSA) is 116 Å². The number of amides is 2. The Balaban J connectivity index is 1.43. The maximum absolute atomic E-state index is 12.1. The minimum absolute atomic E-state index is 0.00880. The highest BCUT2D eigenvalue weighted by molar-refractivity contribution is 5.94. The SMILES string of the molecule is NC(=O)CNc1ccc(C(=O)NCCC2COc3ccccc3O2)cn1. The molecular formula is C18H20N4O4. The summed E-state index contributed by atoms with van der Waals surface area (Å²) in [5, 5.41) is 5.59. The molecule has 2 heterocycles. The van der Waals surface area contributed by atoms with Crippen molar-refractivity contribution in [3.8, 4) is 11.5 Å². The molecule has 0 saturated carbocycles. The van der Waals surface area contributed by atoms with Crippen molar-refractivity contribution in [3.63, 3.8) is 0 Å². The second-order valence-corrected chi connectivity index (χ2v) is 5.79. The predicted molar refractivity (Wildman–Crippen MR) is 95.2 cm³/mol. The lowest BCUT2D eigenvalue weighted by Gasteiger charge is -2.26. The number of hydrogen-bond acceptors (Lipinski definition) is 6. The monoisotopic (exact) mass is 356 g/mol. The summed E-state index contributed by atoms with van der Waals surface area (Å²) in [7, 11) is 0. The number of benzene rings is 1. The van der Waals surface area contributed by atoms with Crippen LogP contribution in [0.2, 0.25) is 0 Å². The molecule has 0 aliphatic carbocycles. The highest BCUT2D eigenvalue weighted by atomic mass is 16.6. The molecule has 136 valence electrons. The van der Waals surface area contributed by atoms with E-state index in [2.05, 4.69) is 15.6 Å². The van der Waals surface area contributed by atoms with Crippen molar-refractivity contribution in [2.24, 2.45) is 5.73 Å². The molecule has 0 spiro atoms. The van der Waals surface area contributed by atoms with E-state index in [-0.39, 0.29) is 18.6 Å². The molecule has 8 nitrogen and oxygen atoms in total. The number of nitrogens with two attached hydrogens (primary N) is 1. The third kappa shape index (κ3) is 4.62. The van der Waals surface area contributed by atoms with Gasteiger partial charge in [0.1, 0.15) is 18.5 Å². The molecule has 1 unspecified atom stereocenters. The third-order valence-corrected chi connectivity index (χ3v) is 3.79. The Labute approximate surface area is 150 Å². The molecule has 0 radical (unpaired) electrons. The summed E-state index contributed by atoms with van der Waals surface area (Å²) in [6.07, 6.45) is 1.96. The van der Waals surface area contributed by atoms with Gasteiger partial charge in [0.05, 0.1) is 12.1 Å². The number of carbonyl (C=O) groups is 2. The average molecular weight is 356 g/mol. The van der Waals surface area contributed by atoms with Crippen LogP contribution < -0.4 is 25.8 Å². The lowest BCUT2D eigenvalue weighted by Crippen LogP contribution is -2.34. The second-order valence-electron chi connectivity index (χ2n) is 5.79. The predicted octanol–water partition coefficient (Wildman–Crippen LogP) is 0.939. The number of nitrogens with zero attached hydrogens (tertiary/aromatic N) is 1. The summed E-state index contributed by atoms with van der Waals surface area (Å²) in [5.74, 6) is 1.23. The van der Waals surface area contributed by atoms with Gasteiger partial charge in [-0.3, -0.25) is 9.59 Å². The van der Waals surface area contributed by atoms with Crippen LogP contribution in [0.25, 0.3) is 0 Å². The van der Waals surface area contributed by atoms with Crippen molar-refractivity contribution in [3.05, 3.63) is 48.2 Å². The number of rotatable bonds is 7. The van der Waals surface area contributed by atoms with Crippen molar-refractivity contribution in [1.82, 2.24) is 10.3 Å². The van der Waals surface area contributed by atoms with Crippen molar-refractivity contribution in [1.29, 1.82) is 0 Å². The number of ether oxygens (including phenoxy) is 2. The summed E-state index contributed by atoms with van der Waals surface area (Å²) in [5.41, 5.74) is 5.48. The molecular weight excluding hydrogens is 336 g/mol. The van der Waals surface area contributed by atoms with Crippen LogP contribution in [-0.4, -0.2) is 42.6 Å². The molecule has 1 aliphatic heterocycles. The summed E-state index contributed by atoms with van der Waals surface area (Å²) in [6.45, 7) is 0.899. The first-order chi connectivity index (χ1) is 12.6. The smallest absolute Gasteiger partial charge is 0.252 e. The number of aromatic nitrogens is 1. The van der Waals surface area contributed by atoms with Gasteiger partial charge in [-0.15, -0.1) is 0 Å². The summed E-state index contributed by atoms with van der Waals surface area (Å²) < 4.78 is 11.5. The van der Waals surface area contributed by atoms with Crippen molar-refractivity contribution < 1.29 is 19.1 Å². The molecule has 2 amide bonds. The van der Waals surface area contributed by atoms with Gasteiger partial charge in [0, 0.05) is 19.2 Å². The number of hydrogen-bond donors (Lipinski definition) is 3. The van der Waals surface area contributed by atoms with Crippen LogP contribution in [0.3, 0.4) is 0 Å². The zero-order valence-electron chi connectivity index (χ0n) is 14.1. The standard InChI is InChI=1S/C18H20N4O4/c19-16(23)10-22-17-6-5-12(9-21-17)18(24)20-8-7-13-11-25-14-3-1-2-4-15(14)26-13/h1-6,9,13H,7-8,10-11H2,(H2,19,23)(H,20,24)(H,21,22). The van der Waals surface area contributed by atoms with E-state index in [1.165, 1.54) is 6.20 Å². The number of carbonyl (C=O) groups excluding carboxylic acids is 2. The quantitative estimate of drug-likeness (QED) is 0.680. The number of primary amides is 1. The first-order valence-electron chi connectivity index (χ1n) is 8.27. The van der Waals surface area contributed by atoms with Crippen molar-refractivity contribution >= 4 is 17.6 Å². The van der Waals surface area contributed by atoms with Crippen LogP contribution in [0.5, 0.6) is 11.5 Å². The Morgan fingerprint density at radius 3 is 2.73 bits per heavy atom. The fourth-order valence-corrected chi connectivity index (χ4v) is 2.46. The Bertz CT molecular complexity index is 779. The Morgan fingerprint density at radius 2 is 2.00 bits per heavy atom. The van der Waals surface area contributed by atoms with Gasteiger partial charge in [0.2, 0.25) is 5.91 Å². The average Bonchev–Trinajstić information content (AvgIpc) is 2.66. The Morgan fingerprint density at radius 1 is 1.19 bits per heavy atom. The van der Waals surface area contributed by atoms with Gasteiger partial charge >= 0.3 is 0 Å². The van der Waals surface area contributed by atoms with Gasteiger partial charge in [0.25, 0.3) is 5.91 Å². The lowest BCUT2D eigenvalue weighted by atomic mass is 10.2. The van der Waals surface area contributed by atoms with Gasteiger partial charge in [-0.2, -0.15) is 0 Å². The zero-order chi connectivity index (χ0) is 18.4. The zero-order valence-corrected chi connectivity index (χ0v) is 14.1. The van der Waals surface area contributed by atoms with E-state index in [1.807, 2.05) is 24.3 Å². The molecule has 26 heavy (non-hydrogen) atoms. The maximum Gasteiger partial charge on any atom is 0.252 e. The Hall–Kier alpha value is -3.29. The van der Waals surface area contributed by atoms with Gasteiger partial charge < -0.3 is 25.8 Å². The number of fused-ring (bicyclic) bond motifs is 1. The van der Waals surface area contributed by atoms with Crippen LogP contribution in [0, 0.1) is 0 Å². The van der Waals surface area contributed by atoms with Gasteiger partial charge in [-0.25, -0.2) is 4.98 Å². The minimum atomic E-state index is -0.481. The van der Waals surface area contributed by atoms with Gasteiger partial charge in [0.15, 0.2) is 11.5 Å². The van der Waals surface area contributed by atoms with E-state index in [1.54, 1.807) is 12.1 Å². The molecule has 1 aromatic heterocycles. The molecule has 1 aliphatic rings. The molecule has 0 bridgehead atoms. The third-order valence-electron chi connectivity index (χ3n) is 3.79. The van der Waals surface area contributed by atoms with E-state index in [0.717, 1.165) is 11.5 Å². The number of anilines is 1. The molecule has 1 aromatic carbocycles. The molecule has 3 rings (SSSR count). The first kappa shape index (κ1) is 17.5. The number of nitrogens with one attached hydrogen (secondary N) is 2. The highest BCUT2D eigenvalue weighted by Crippen LogP contribution is 2.31. The Kier molecular flexibility index (Phi) is 5.52. The maximum atomic E-state index is 12.1. The van der Waals surface area contributed by atoms with Crippen molar-refractivity contribution in [2.75, 3.05) is 25.0 Å². The normalized spacial score (nSPS) is 15.2. The summed E-state index contributed by atoms with van der Waals surface area (Å²) >= 11 is 0. The summed E-state index contributed by atoms with van der Waals surface area (Å²) in [6, 6.07) is 10.8. The van der Waals surface area contributed by atoms with Crippen LogP contribution in [0.1, 0.15) is 16.8 Å². The highest BCUT2D eigenvalue weighted by Gasteiger charge is 2.20. The van der Waals surface area contributed by atoms with Crippen LogP contribution >= 0.6 is 0 Å². The van der Waals surface area contributed by atoms with Gasteiger partial charge in [-0.05, 0) is 24.3 Å². The molecule has 0 fully saturated rings. The van der Waals surface area contributed by atoms with E-state index in [9.17, 15) is 9.59 Å². The van der Waals surface area contributed by atoms with E-state index < -0.39 is 5.91 Å². The molecule has 0 saturated heterocycles. The van der Waals surface area contributed by atoms with E-state index in [4.69, 9.17) is 15.2 Å². The number of para-hydroxylation sites is 2. The fourth-order valence-electron chi connectivity index (χ4n) is 2.46. The molecule has 4 N–H and O–H groups in total. The van der Waals surface area contributed by atoms with Crippen LogP contribution in [0.15, 0.2) is 42.6 Å². The number of pyridine rings is 1. The van der Waals surface area contributed by atoms with Crippen molar-refractivity contribution in [2.45, 2.75) is 12.5 Å². The van der Waals surface area contributed by atoms with Gasteiger partial charge in [-0.1, -0.05) is 12.1 Å². The minimum Gasteiger partial charge on any atom is -0.486 e. The summed E-state index contributed by atoms with van der Waals surface area (Å²) in [4.78, 5) is 26.9. The second kappa shape index (κ2) is 8.19. The largest absolute Gasteiger partial charge is 0.486 e. The molecule has 1 atom stereocenters. The van der Waals surface area contributed by atoms with Crippen LogP contribution in [-0.2, 0) is 4.79 Å². The lowest BCUT2D eigenvalue weighted by molar-refractivity contribution is -0.116. The van der Waals surface area contributed by atoms with E-state index >= 15 is 0 Å². The van der Waals surface area contributed by atoms with E-state index in [0.29, 0.717) is 31.0 Å². The molecule has 2 aromatic rings.